The Kier molecular flexibility index (Phi) is 7.85. The van der Waals surface area contributed by atoms with Crippen molar-refractivity contribution in [1.29, 1.82) is 0 Å². The van der Waals surface area contributed by atoms with Crippen LogP contribution in [0.4, 0.5) is 0 Å². The average Bonchev–Trinajstić information content (AvgIpc) is 3.12. The van der Waals surface area contributed by atoms with Crippen LogP contribution in [-0.4, -0.2) is 12.1 Å². The molecule has 6 aromatic rings. The van der Waals surface area contributed by atoms with Gasteiger partial charge in [0.05, 0.1) is 0 Å². The van der Waals surface area contributed by atoms with Gasteiger partial charge in [0.15, 0.2) is 0 Å². The first-order valence-electron chi connectivity index (χ1n) is 14.1. The molecular formula is C38H32NiO2P2. The summed E-state index contributed by atoms with van der Waals surface area (Å²) < 4.78 is 0. The summed E-state index contributed by atoms with van der Waals surface area (Å²) in [5.41, 5.74) is 0. The minimum atomic E-state index is -4.18. The van der Waals surface area contributed by atoms with Crippen LogP contribution in [0.25, 0.3) is 0 Å². The second-order valence-electron chi connectivity index (χ2n) is 10.3. The van der Waals surface area contributed by atoms with E-state index in [9.17, 15) is 9.59 Å². The standard InChI is InChI=1S/2C19H16OP.Ni/c2*20-16-21(17-10-4-1-5-11-17,18-12-6-2-7-13-18)19-14-8-3-9-15-19;/h2*1-16H;/q2*+1;-2. The van der Waals surface area contributed by atoms with E-state index < -0.39 is 10.8 Å². The van der Waals surface area contributed by atoms with Crippen molar-refractivity contribution in [2.45, 2.75) is 0 Å². The number of rotatable bonds is 10. The van der Waals surface area contributed by atoms with Crippen molar-refractivity contribution in [2.75, 3.05) is 0 Å². The van der Waals surface area contributed by atoms with Gasteiger partial charge in [-0.2, -0.15) is 0 Å². The van der Waals surface area contributed by atoms with Gasteiger partial charge in [-0.3, -0.25) is 0 Å². The molecule has 0 atom stereocenters. The summed E-state index contributed by atoms with van der Waals surface area (Å²) in [6, 6.07) is 63.2. The van der Waals surface area contributed by atoms with Crippen LogP contribution >= 0.6 is 10.8 Å². The molecular weight excluding hydrogens is 609 g/mol. The Hall–Kier alpha value is -3.99. The van der Waals surface area contributed by atoms with E-state index in [1.165, 1.54) is 25.6 Å². The van der Waals surface area contributed by atoms with Gasteiger partial charge < -0.3 is 0 Å². The molecule has 216 valence electrons. The van der Waals surface area contributed by atoms with Crippen LogP contribution in [0.1, 0.15) is 0 Å². The van der Waals surface area contributed by atoms with Crippen LogP contribution in [0.5, 0.6) is 0 Å². The van der Waals surface area contributed by atoms with E-state index >= 15 is 0 Å². The summed E-state index contributed by atoms with van der Waals surface area (Å²) in [5.74, 6) is 0. The fourth-order valence-corrected chi connectivity index (χ4v) is 34.5. The SMILES string of the molecule is O=C[P]([Ni][P](C=O)(c1ccccc1)(c1ccccc1)c1ccccc1)(c1ccccc1)(c1ccccc1)c1ccccc1. The summed E-state index contributed by atoms with van der Waals surface area (Å²) in [6.45, 7) is 0. The maximum absolute atomic E-state index is 14.7. The van der Waals surface area contributed by atoms with Gasteiger partial charge in [-0.1, -0.05) is 0 Å². The van der Waals surface area contributed by atoms with Crippen LogP contribution in [0.2, 0.25) is 0 Å². The average molecular weight is 641 g/mol. The fourth-order valence-electron chi connectivity index (χ4n) is 6.04. The van der Waals surface area contributed by atoms with E-state index in [4.69, 9.17) is 0 Å². The molecule has 0 N–H and O–H groups in total. The molecule has 0 saturated carbocycles. The van der Waals surface area contributed by atoms with Crippen molar-refractivity contribution in [3.63, 3.8) is 0 Å². The summed E-state index contributed by atoms with van der Waals surface area (Å²) in [7, 11) is 0. The van der Waals surface area contributed by atoms with Gasteiger partial charge in [0.25, 0.3) is 0 Å². The third kappa shape index (κ3) is 4.23. The summed E-state index contributed by atoms with van der Waals surface area (Å²) in [6.07, 6.45) is 0. The summed E-state index contributed by atoms with van der Waals surface area (Å²) in [5, 5.41) is -2.87. The quantitative estimate of drug-likeness (QED) is 0.0995. The van der Waals surface area contributed by atoms with Gasteiger partial charge in [-0.25, -0.2) is 0 Å². The first kappa shape index (κ1) is 29.1. The Bertz CT molecular complexity index is 1500. The van der Waals surface area contributed by atoms with Gasteiger partial charge in [-0.15, -0.1) is 0 Å². The Labute approximate surface area is 258 Å². The molecule has 0 aromatic heterocycles. The van der Waals surface area contributed by atoms with Gasteiger partial charge in [0.1, 0.15) is 0 Å². The van der Waals surface area contributed by atoms with E-state index in [1.54, 1.807) is 0 Å². The second kappa shape index (κ2) is 11.6. The second-order valence-corrected chi connectivity index (χ2v) is 25.7. The van der Waals surface area contributed by atoms with E-state index in [0.717, 1.165) is 31.8 Å². The fraction of sp³-hybridized carbons (Fsp3) is 0. The van der Waals surface area contributed by atoms with E-state index in [-0.39, 0.29) is 0 Å². The molecule has 0 radical (unpaired) electrons. The van der Waals surface area contributed by atoms with Crippen LogP contribution in [-0.2, 0) is 23.2 Å². The van der Waals surface area contributed by atoms with Crippen molar-refractivity contribution in [3.05, 3.63) is 182 Å². The molecule has 43 heavy (non-hydrogen) atoms. The van der Waals surface area contributed by atoms with Crippen molar-refractivity contribution >= 4 is 54.6 Å². The zero-order chi connectivity index (χ0) is 29.7. The Morgan fingerprint density at radius 1 is 0.302 bits per heavy atom. The first-order valence-corrected chi connectivity index (χ1v) is 21.0. The molecule has 0 aliphatic heterocycles. The zero-order valence-electron chi connectivity index (χ0n) is 23.5. The zero-order valence-corrected chi connectivity index (χ0v) is 26.3. The molecule has 6 aromatic carbocycles. The molecule has 0 saturated heterocycles. The van der Waals surface area contributed by atoms with Crippen LogP contribution in [0.3, 0.4) is 0 Å². The number of carbonyl (C=O) groups excluding carboxylic acids is 2. The molecule has 0 fully saturated rings. The Morgan fingerprint density at radius 3 is 0.605 bits per heavy atom. The Morgan fingerprint density at radius 2 is 0.465 bits per heavy atom. The minimum absolute atomic E-state index is 0.916. The molecule has 0 aliphatic carbocycles. The number of benzene rings is 6. The molecule has 0 unspecified atom stereocenters. The van der Waals surface area contributed by atoms with Crippen molar-refractivity contribution in [3.8, 4) is 0 Å². The van der Waals surface area contributed by atoms with Crippen LogP contribution < -0.4 is 31.8 Å². The number of hydrogen-bond donors (Lipinski definition) is 0. The van der Waals surface area contributed by atoms with Crippen molar-refractivity contribution < 1.29 is 23.2 Å². The van der Waals surface area contributed by atoms with Gasteiger partial charge >= 0.3 is 260 Å². The molecule has 0 amide bonds. The normalized spacial score (nSPS) is 13.6. The molecule has 6 rings (SSSR count). The van der Waals surface area contributed by atoms with Crippen LogP contribution in [0.15, 0.2) is 182 Å². The number of carbonyl (C=O) groups is 2. The predicted molar refractivity (Wildman–Crippen MR) is 184 cm³/mol. The predicted octanol–water partition coefficient (Wildman–Crippen LogP) is 6.34. The molecule has 0 aliphatic rings. The maximum atomic E-state index is 14.7. The topological polar surface area (TPSA) is 34.1 Å². The van der Waals surface area contributed by atoms with Gasteiger partial charge in [0, 0.05) is 0 Å². The molecule has 0 spiro atoms. The summed E-state index contributed by atoms with van der Waals surface area (Å²) >= 11 is 1.30. The molecule has 0 bridgehead atoms. The van der Waals surface area contributed by atoms with Crippen molar-refractivity contribution in [2.24, 2.45) is 0 Å². The summed E-state index contributed by atoms with van der Waals surface area (Å²) in [4.78, 5) is 29.5. The monoisotopic (exact) mass is 640 g/mol. The van der Waals surface area contributed by atoms with E-state index in [0.29, 0.717) is 0 Å². The van der Waals surface area contributed by atoms with Crippen molar-refractivity contribution in [1.82, 2.24) is 0 Å². The molecule has 5 heteroatoms. The van der Waals surface area contributed by atoms with E-state index in [2.05, 4.69) is 72.8 Å². The Balaban J connectivity index is 1.93. The van der Waals surface area contributed by atoms with E-state index in [1.807, 2.05) is 109 Å². The van der Waals surface area contributed by atoms with Gasteiger partial charge in [-0.05, 0) is 0 Å². The molecule has 0 heterocycles. The van der Waals surface area contributed by atoms with Gasteiger partial charge in [0.2, 0.25) is 0 Å². The third-order valence-corrected chi connectivity index (χ3v) is 31.2. The number of hydrogen-bond acceptors (Lipinski definition) is 2. The molecule has 2 nitrogen and oxygen atoms in total. The van der Waals surface area contributed by atoms with Crippen LogP contribution in [0, 0.1) is 0 Å². The third-order valence-electron chi connectivity index (χ3n) is 8.12. The first-order chi connectivity index (χ1) is 21.1.